The van der Waals surface area contributed by atoms with Crippen LogP contribution in [-0.2, 0) is 16.0 Å². The van der Waals surface area contributed by atoms with Crippen LogP contribution in [0.1, 0.15) is 22.7 Å². The number of phenolic OH excluding ortho intramolecular Hbond substituents is 1. The van der Waals surface area contributed by atoms with Crippen molar-refractivity contribution < 1.29 is 29.3 Å². The predicted molar refractivity (Wildman–Crippen MR) is 146 cm³/mol. The Morgan fingerprint density at radius 3 is 2.50 bits per heavy atom. The third kappa shape index (κ3) is 4.50. The molecule has 0 aliphatic carbocycles. The minimum atomic E-state index is -0.882. The van der Waals surface area contributed by atoms with Crippen molar-refractivity contribution in [2.45, 2.75) is 12.5 Å². The number of aromatic nitrogens is 1. The number of aliphatic hydroxyl groups excluding tert-OH is 1. The van der Waals surface area contributed by atoms with Crippen LogP contribution in [0.5, 0.6) is 17.2 Å². The number of carbonyl (C=O) groups excluding carboxylic acids is 2. The fraction of sp³-hybridized carbons (Fsp3) is 0.172. The monoisotopic (exact) mass is 576 g/mol. The number of fused-ring (bicyclic) bond motifs is 1. The molecule has 1 fully saturated rings. The number of likely N-dealkylation sites (tertiary alicyclic amines) is 1. The van der Waals surface area contributed by atoms with Crippen LogP contribution in [0.15, 0.2) is 76.9 Å². The largest absolute Gasteiger partial charge is 0.507 e. The number of hydrogen-bond donors (Lipinski definition) is 3. The first-order valence-electron chi connectivity index (χ1n) is 11.9. The normalized spacial score (nSPS) is 16.8. The van der Waals surface area contributed by atoms with Crippen molar-refractivity contribution in [1.29, 1.82) is 0 Å². The summed E-state index contributed by atoms with van der Waals surface area (Å²) in [5.41, 5.74) is 2.79. The van der Waals surface area contributed by atoms with Crippen molar-refractivity contribution in [2.75, 3.05) is 20.8 Å². The average molecular weight is 577 g/mol. The van der Waals surface area contributed by atoms with E-state index >= 15 is 0 Å². The Morgan fingerprint density at radius 2 is 1.79 bits per heavy atom. The Hall–Kier alpha value is -4.24. The van der Waals surface area contributed by atoms with E-state index in [1.165, 1.54) is 18.1 Å². The number of aromatic hydroxyl groups is 1. The molecule has 0 radical (unpaired) electrons. The average Bonchev–Trinajstić information content (AvgIpc) is 3.45. The first-order chi connectivity index (χ1) is 18.3. The molecule has 3 N–H and O–H groups in total. The van der Waals surface area contributed by atoms with Crippen molar-refractivity contribution in [3.05, 3.63) is 93.6 Å². The summed E-state index contributed by atoms with van der Waals surface area (Å²) in [4.78, 5) is 31.4. The van der Waals surface area contributed by atoms with Gasteiger partial charge in [-0.2, -0.15) is 0 Å². The zero-order valence-electron chi connectivity index (χ0n) is 20.7. The third-order valence-corrected chi connectivity index (χ3v) is 7.30. The number of nitrogens with zero attached hydrogens (tertiary/aromatic N) is 1. The molecule has 4 aromatic rings. The molecule has 3 aromatic carbocycles. The predicted octanol–water partition coefficient (Wildman–Crippen LogP) is 5.32. The highest BCUT2D eigenvalue weighted by molar-refractivity contribution is 9.10. The molecule has 1 aliphatic heterocycles. The number of aromatic amines is 1. The molecule has 0 bridgehead atoms. The molecular formula is C29H25BrN2O6. The first-order valence-corrected chi connectivity index (χ1v) is 12.7. The SMILES string of the molecule is COc1ccc2[nH]cc(CCN3C(=O)C(=O)C(=C(O)c4ccc(Br)cc4)[C@H]3c3ccc(O)c(OC)c3)c2c1. The van der Waals surface area contributed by atoms with E-state index in [1.54, 1.807) is 43.5 Å². The molecule has 38 heavy (non-hydrogen) atoms. The highest BCUT2D eigenvalue weighted by Crippen LogP contribution is 2.42. The van der Waals surface area contributed by atoms with Crippen LogP contribution in [0.25, 0.3) is 16.7 Å². The number of nitrogens with one attached hydrogen (secondary N) is 1. The lowest BCUT2D eigenvalue weighted by Crippen LogP contribution is -2.31. The maximum absolute atomic E-state index is 13.3. The lowest BCUT2D eigenvalue weighted by atomic mass is 9.95. The van der Waals surface area contributed by atoms with Crippen LogP contribution in [-0.4, -0.2) is 52.6 Å². The Kier molecular flexibility index (Phi) is 6.86. The van der Waals surface area contributed by atoms with Crippen molar-refractivity contribution in [1.82, 2.24) is 9.88 Å². The molecular weight excluding hydrogens is 552 g/mol. The second kappa shape index (κ2) is 10.3. The molecule has 194 valence electrons. The number of phenols is 1. The summed E-state index contributed by atoms with van der Waals surface area (Å²) in [5.74, 6) is -0.924. The molecule has 9 heteroatoms. The molecule has 1 amide bonds. The first kappa shape index (κ1) is 25.4. The number of amides is 1. The van der Waals surface area contributed by atoms with Crippen molar-refractivity contribution in [3.8, 4) is 17.2 Å². The smallest absolute Gasteiger partial charge is 0.295 e. The fourth-order valence-electron chi connectivity index (χ4n) is 4.82. The van der Waals surface area contributed by atoms with Gasteiger partial charge < -0.3 is 29.6 Å². The molecule has 1 atom stereocenters. The maximum atomic E-state index is 13.3. The van der Waals surface area contributed by atoms with E-state index < -0.39 is 17.7 Å². The summed E-state index contributed by atoms with van der Waals surface area (Å²) in [5, 5.41) is 22.3. The van der Waals surface area contributed by atoms with Crippen LogP contribution in [0.4, 0.5) is 0 Å². The van der Waals surface area contributed by atoms with Gasteiger partial charge in [0.15, 0.2) is 11.5 Å². The number of carbonyl (C=O) groups is 2. The van der Waals surface area contributed by atoms with Crippen LogP contribution >= 0.6 is 15.9 Å². The van der Waals surface area contributed by atoms with Gasteiger partial charge in [0.05, 0.1) is 25.8 Å². The Labute approximate surface area is 227 Å². The summed E-state index contributed by atoms with van der Waals surface area (Å²) in [6.07, 6.45) is 2.32. The number of benzene rings is 3. The second-order valence-corrected chi connectivity index (χ2v) is 9.82. The van der Waals surface area contributed by atoms with Gasteiger partial charge in [-0.05, 0) is 60.0 Å². The van der Waals surface area contributed by atoms with Crippen LogP contribution < -0.4 is 9.47 Å². The third-order valence-electron chi connectivity index (χ3n) is 6.77. The highest BCUT2D eigenvalue weighted by Gasteiger charge is 2.46. The van der Waals surface area contributed by atoms with Gasteiger partial charge in [0.25, 0.3) is 11.7 Å². The summed E-state index contributed by atoms with van der Waals surface area (Å²) in [7, 11) is 3.02. The van der Waals surface area contributed by atoms with Gasteiger partial charge in [0, 0.05) is 33.7 Å². The Balaban J connectivity index is 1.58. The lowest BCUT2D eigenvalue weighted by Gasteiger charge is -2.25. The van der Waals surface area contributed by atoms with Gasteiger partial charge in [0.2, 0.25) is 0 Å². The van der Waals surface area contributed by atoms with E-state index in [0.29, 0.717) is 23.3 Å². The summed E-state index contributed by atoms with van der Waals surface area (Å²) in [6, 6.07) is 16.3. The maximum Gasteiger partial charge on any atom is 0.295 e. The highest BCUT2D eigenvalue weighted by atomic mass is 79.9. The number of methoxy groups -OCH3 is 2. The fourth-order valence-corrected chi connectivity index (χ4v) is 5.08. The minimum absolute atomic E-state index is 0.0225. The number of aliphatic hydroxyl groups is 1. The van der Waals surface area contributed by atoms with Crippen LogP contribution in [0.2, 0.25) is 0 Å². The minimum Gasteiger partial charge on any atom is -0.507 e. The van der Waals surface area contributed by atoms with Crippen molar-refractivity contribution in [3.63, 3.8) is 0 Å². The molecule has 0 spiro atoms. The van der Waals surface area contributed by atoms with Gasteiger partial charge in [-0.3, -0.25) is 9.59 Å². The Morgan fingerprint density at radius 1 is 1.03 bits per heavy atom. The van der Waals surface area contributed by atoms with Gasteiger partial charge in [-0.15, -0.1) is 0 Å². The standard InChI is InChI=1S/C29H25BrN2O6/c1-37-20-8-9-22-21(14-20)18(15-31-22)11-12-32-26(17-5-10-23(33)24(13-17)38-2)25(28(35)29(32)36)27(34)16-3-6-19(30)7-4-16/h3-10,13-15,26,31,33-34H,11-12H2,1-2H3/t26-/m1/s1. The van der Waals surface area contributed by atoms with Gasteiger partial charge in [-0.1, -0.05) is 34.1 Å². The van der Waals surface area contributed by atoms with E-state index in [4.69, 9.17) is 9.47 Å². The quantitative estimate of drug-likeness (QED) is 0.156. The van der Waals surface area contributed by atoms with Gasteiger partial charge >= 0.3 is 0 Å². The molecule has 1 saturated heterocycles. The van der Waals surface area contributed by atoms with Crippen molar-refractivity contribution in [2.24, 2.45) is 0 Å². The molecule has 0 unspecified atom stereocenters. The molecule has 8 nitrogen and oxygen atoms in total. The van der Waals surface area contributed by atoms with E-state index in [2.05, 4.69) is 20.9 Å². The molecule has 0 saturated carbocycles. The molecule has 5 rings (SSSR count). The number of ketones is 1. The number of H-pyrrole nitrogens is 1. The zero-order chi connectivity index (χ0) is 27.0. The summed E-state index contributed by atoms with van der Waals surface area (Å²) >= 11 is 3.37. The second-order valence-electron chi connectivity index (χ2n) is 8.91. The topological polar surface area (TPSA) is 112 Å². The van der Waals surface area contributed by atoms with Gasteiger partial charge in [0.1, 0.15) is 11.5 Å². The number of halogens is 1. The molecule has 2 heterocycles. The van der Waals surface area contributed by atoms with Crippen molar-refractivity contribution >= 4 is 44.3 Å². The van der Waals surface area contributed by atoms with Gasteiger partial charge in [-0.25, -0.2) is 0 Å². The zero-order valence-corrected chi connectivity index (χ0v) is 22.3. The molecule has 1 aliphatic rings. The Bertz CT molecular complexity index is 1570. The summed E-state index contributed by atoms with van der Waals surface area (Å²) in [6.45, 7) is 0.208. The van der Waals surface area contributed by atoms with E-state index in [9.17, 15) is 19.8 Å². The van der Waals surface area contributed by atoms with Crippen LogP contribution in [0, 0.1) is 0 Å². The number of ether oxygens (including phenoxy) is 2. The van der Waals surface area contributed by atoms with Crippen LogP contribution in [0.3, 0.4) is 0 Å². The number of rotatable bonds is 7. The number of hydrogen-bond acceptors (Lipinski definition) is 6. The molecule has 1 aromatic heterocycles. The van der Waals surface area contributed by atoms with E-state index in [1.807, 2.05) is 24.4 Å². The van der Waals surface area contributed by atoms with E-state index in [-0.39, 0.29) is 29.4 Å². The lowest BCUT2D eigenvalue weighted by molar-refractivity contribution is -0.139. The summed E-state index contributed by atoms with van der Waals surface area (Å²) < 4.78 is 11.4. The number of Topliss-reactive ketones (excluding diaryl/α,β-unsaturated/α-hetero) is 1. The van der Waals surface area contributed by atoms with E-state index in [0.717, 1.165) is 20.9 Å².